The topological polar surface area (TPSA) is 49.5 Å². The molecule has 0 aromatic heterocycles. The molecule has 1 fully saturated rings. The summed E-state index contributed by atoms with van der Waals surface area (Å²) in [5.74, 6) is -0.427. The van der Waals surface area contributed by atoms with Crippen LogP contribution in [0.1, 0.15) is 36.3 Å². The molecule has 3 N–H and O–H groups in total. The minimum atomic E-state index is -0.464. The van der Waals surface area contributed by atoms with Gasteiger partial charge in [0.15, 0.2) is 0 Å². The van der Waals surface area contributed by atoms with E-state index in [2.05, 4.69) is 4.90 Å². The fourth-order valence-corrected chi connectivity index (χ4v) is 3.65. The number of piperidine rings is 1. The summed E-state index contributed by atoms with van der Waals surface area (Å²) < 4.78 is 26.6. The summed E-state index contributed by atoms with van der Waals surface area (Å²) in [6.07, 6.45) is 2.14. The minimum absolute atomic E-state index is 0. The maximum absolute atomic E-state index is 13.3. The van der Waals surface area contributed by atoms with E-state index in [-0.39, 0.29) is 48.4 Å². The Kier molecular flexibility index (Phi) is 10.4. The third kappa shape index (κ3) is 6.68. The Morgan fingerprint density at radius 1 is 0.964 bits per heavy atom. The van der Waals surface area contributed by atoms with Gasteiger partial charge < -0.3 is 15.7 Å². The molecule has 0 bridgehead atoms. The molecule has 7 heteroatoms. The van der Waals surface area contributed by atoms with Crippen molar-refractivity contribution in [3.8, 4) is 0 Å². The number of halogens is 4. The monoisotopic (exact) mass is 432 g/mol. The lowest BCUT2D eigenvalue weighted by molar-refractivity contribution is 0.0527. The molecule has 0 aliphatic carbocycles. The lowest BCUT2D eigenvalue weighted by Gasteiger charge is -2.34. The standard InChI is InChI=1S/C21H26F2N2O.2ClH/c22-17-7-3-15(4-8-17)19(16-5-9-18(23)10-6-16)2-1-12-25-13-11-20(24)21(26)14-25;;/h3-10,19-21,26H,1-2,11-14,24H2;2*1H/t20-,21-;;/m0../s1. The predicted molar refractivity (Wildman–Crippen MR) is 113 cm³/mol. The number of benzene rings is 2. The molecule has 0 spiro atoms. The van der Waals surface area contributed by atoms with Crippen molar-refractivity contribution in [3.05, 3.63) is 71.3 Å². The third-order valence-corrected chi connectivity index (χ3v) is 5.23. The summed E-state index contributed by atoms with van der Waals surface area (Å²) >= 11 is 0. The van der Waals surface area contributed by atoms with Crippen molar-refractivity contribution in [2.75, 3.05) is 19.6 Å². The molecule has 1 aliphatic heterocycles. The second-order valence-corrected chi connectivity index (χ2v) is 7.12. The van der Waals surface area contributed by atoms with Crippen molar-refractivity contribution >= 4 is 24.8 Å². The number of likely N-dealkylation sites (tertiary alicyclic amines) is 1. The van der Waals surface area contributed by atoms with Crippen LogP contribution in [0.4, 0.5) is 8.78 Å². The second kappa shape index (κ2) is 11.7. The van der Waals surface area contributed by atoms with Crippen molar-refractivity contribution in [2.45, 2.75) is 37.3 Å². The number of hydrogen-bond acceptors (Lipinski definition) is 3. The zero-order valence-electron chi connectivity index (χ0n) is 15.6. The largest absolute Gasteiger partial charge is 0.390 e. The lowest BCUT2D eigenvalue weighted by atomic mass is 9.87. The molecular weight excluding hydrogens is 405 g/mol. The first-order valence-electron chi connectivity index (χ1n) is 9.20. The number of aliphatic hydroxyl groups excluding tert-OH is 1. The van der Waals surface area contributed by atoms with Gasteiger partial charge >= 0.3 is 0 Å². The normalized spacial score (nSPS) is 19.8. The smallest absolute Gasteiger partial charge is 0.123 e. The van der Waals surface area contributed by atoms with Gasteiger partial charge in [0.1, 0.15) is 11.6 Å². The summed E-state index contributed by atoms with van der Waals surface area (Å²) in [6, 6.07) is 12.9. The van der Waals surface area contributed by atoms with E-state index in [1.807, 2.05) is 0 Å². The molecule has 0 saturated carbocycles. The van der Waals surface area contributed by atoms with Crippen LogP contribution in [0.5, 0.6) is 0 Å². The molecule has 3 nitrogen and oxygen atoms in total. The van der Waals surface area contributed by atoms with E-state index >= 15 is 0 Å². The highest BCUT2D eigenvalue weighted by molar-refractivity contribution is 5.85. The van der Waals surface area contributed by atoms with E-state index in [4.69, 9.17) is 5.73 Å². The highest BCUT2D eigenvalue weighted by Crippen LogP contribution is 2.30. The van der Waals surface area contributed by atoms with Gasteiger partial charge in [-0.25, -0.2) is 8.78 Å². The van der Waals surface area contributed by atoms with Crippen LogP contribution in [0.2, 0.25) is 0 Å². The van der Waals surface area contributed by atoms with Gasteiger partial charge in [-0.15, -0.1) is 24.8 Å². The van der Waals surface area contributed by atoms with Gasteiger partial charge in [0.2, 0.25) is 0 Å². The fourth-order valence-electron chi connectivity index (χ4n) is 3.65. The zero-order valence-corrected chi connectivity index (χ0v) is 17.3. The van der Waals surface area contributed by atoms with E-state index in [0.717, 1.165) is 43.5 Å². The summed E-state index contributed by atoms with van der Waals surface area (Å²) in [7, 11) is 0. The summed E-state index contributed by atoms with van der Waals surface area (Å²) in [4.78, 5) is 2.24. The highest BCUT2D eigenvalue weighted by atomic mass is 35.5. The molecule has 0 unspecified atom stereocenters. The summed E-state index contributed by atoms with van der Waals surface area (Å²) in [5.41, 5.74) is 7.91. The number of nitrogens with two attached hydrogens (primary N) is 1. The predicted octanol–water partition coefficient (Wildman–Crippen LogP) is 4.11. The van der Waals surface area contributed by atoms with E-state index < -0.39 is 6.10 Å². The quantitative estimate of drug-likeness (QED) is 0.721. The van der Waals surface area contributed by atoms with Gasteiger partial charge in [-0.3, -0.25) is 0 Å². The summed E-state index contributed by atoms with van der Waals surface area (Å²) in [5, 5.41) is 9.93. The Morgan fingerprint density at radius 2 is 1.46 bits per heavy atom. The van der Waals surface area contributed by atoms with Crippen molar-refractivity contribution in [2.24, 2.45) is 5.73 Å². The molecule has 1 saturated heterocycles. The molecular formula is C21H28Cl2F2N2O. The maximum Gasteiger partial charge on any atom is 0.123 e. The Balaban J connectivity index is 0.00000196. The second-order valence-electron chi connectivity index (χ2n) is 7.12. The third-order valence-electron chi connectivity index (χ3n) is 5.23. The highest BCUT2D eigenvalue weighted by Gasteiger charge is 2.24. The molecule has 2 atom stereocenters. The van der Waals surface area contributed by atoms with Crippen molar-refractivity contribution in [1.82, 2.24) is 4.90 Å². The SMILES string of the molecule is Cl.Cl.N[C@H]1CCN(CCCC(c2ccc(F)cc2)c2ccc(F)cc2)C[C@@H]1O. The number of hydrogen-bond donors (Lipinski definition) is 2. The Labute approximate surface area is 177 Å². The molecule has 3 rings (SSSR count). The van der Waals surface area contributed by atoms with Crippen LogP contribution in [0.25, 0.3) is 0 Å². The van der Waals surface area contributed by atoms with Gasteiger partial charge in [-0.1, -0.05) is 24.3 Å². The van der Waals surface area contributed by atoms with Gasteiger partial charge in [0.05, 0.1) is 6.10 Å². The van der Waals surface area contributed by atoms with Gasteiger partial charge in [-0.2, -0.15) is 0 Å². The molecule has 28 heavy (non-hydrogen) atoms. The Morgan fingerprint density at radius 3 is 1.93 bits per heavy atom. The van der Waals surface area contributed by atoms with Crippen molar-refractivity contribution < 1.29 is 13.9 Å². The van der Waals surface area contributed by atoms with Crippen molar-refractivity contribution in [1.29, 1.82) is 0 Å². The zero-order chi connectivity index (χ0) is 18.5. The number of aliphatic hydroxyl groups is 1. The van der Waals surface area contributed by atoms with E-state index in [1.165, 1.54) is 24.3 Å². The van der Waals surface area contributed by atoms with Gasteiger partial charge in [0.25, 0.3) is 0 Å². The molecule has 2 aromatic carbocycles. The van der Waals surface area contributed by atoms with Crippen LogP contribution in [0.15, 0.2) is 48.5 Å². The average molecular weight is 433 g/mol. The fraction of sp³-hybridized carbons (Fsp3) is 0.429. The Hall–Kier alpha value is -1.24. The van der Waals surface area contributed by atoms with E-state index in [1.54, 1.807) is 24.3 Å². The first-order chi connectivity index (χ1) is 12.5. The van der Waals surface area contributed by atoms with Crippen LogP contribution in [-0.2, 0) is 0 Å². The number of nitrogens with zero attached hydrogens (tertiary/aromatic N) is 1. The number of β-amino-alcohol motifs (C(OH)–C–C–N with tert-alkyl or cyclic N) is 1. The van der Waals surface area contributed by atoms with Crippen LogP contribution >= 0.6 is 24.8 Å². The minimum Gasteiger partial charge on any atom is -0.390 e. The van der Waals surface area contributed by atoms with Crippen LogP contribution in [0, 0.1) is 11.6 Å². The first-order valence-corrected chi connectivity index (χ1v) is 9.20. The van der Waals surface area contributed by atoms with Crippen LogP contribution < -0.4 is 5.73 Å². The Bertz CT molecular complexity index is 655. The van der Waals surface area contributed by atoms with Crippen LogP contribution in [0.3, 0.4) is 0 Å². The number of rotatable bonds is 6. The molecule has 1 aliphatic rings. The molecule has 156 valence electrons. The maximum atomic E-state index is 13.3. The van der Waals surface area contributed by atoms with E-state index in [9.17, 15) is 13.9 Å². The molecule has 1 heterocycles. The first kappa shape index (κ1) is 24.8. The van der Waals surface area contributed by atoms with Gasteiger partial charge in [0, 0.05) is 18.5 Å². The van der Waals surface area contributed by atoms with Crippen LogP contribution in [-0.4, -0.2) is 41.8 Å². The molecule has 2 aromatic rings. The average Bonchev–Trinajstić information content (AvgIpc) is 2.64. The molecule has 0 radical (unpaired) electrons. The van der Waals surface area contributed by atoms with Gasteiger partial charge in [-0.05, 0) is 67.7 Å². The summed E-state index contributed by atoms with van der Waals surface area (Å²) in [6.45, 7) is 2.39. The van der Waals surface area contributed by atoms with E-state index in [0.29, 0.717) is 6.54 Å². The molecule has 0 amide bonds. The van der Waals surface area contributed by atoms with Crippen molar-refractivity contribution in [3.63, 3.8) is 0 Å². The lowest BCUT2D eigenvalue weighted by Crippen LogP contribution is -2.50.